The molecule has 11 heavy (non-hydrogen) atoms. The van der Waals surface area contributed by atoms with Crippen molar-refractivity contribution >= 4 is 5.97 Å². The van der Waals surface area contributed by atoms with Crippen LogP contribution in [0.25, 0.3) is 0 Å². The summed E-state index contributed by atoms with van der Waals surface area (Å²) in [4.78, 5) is 18.1. The van der Waals surface area contributed by atoms with Crippen LogP contribution in [0.3, 0.4) is 0 Å². The number of carboxylic acid groups (broad SMARTS) is 1. The van der Waals surface area contributed by atoms with E-state index < -0.39 is 5.97 Å². The fraction of sp³-hybridized carbons (Fsp3) is 0.286. The van der Waals surface area contributed by atoms with E-state index in [9.17, 15) is 4.79 Å². The van der Waals surface area contributed by atoms with Gasteiger partial charge in [0, 0.05) is 6.20 Å². The average Bonchev–Trinajstić information content (AvgIpc) is 1.94. The number of rotatable bonds is 1. The maximum Gasteiger partial charge on any atom is 0.356 e. The monoisotopic (exact) mass is 152 g/mol. The number of nitrogens with zero attached hydrogens (tertiary/aromatic N) is 2. The van der Waals surface area contributed by atoms with Crippen molar-refractivity contribution in [3.63, 3.8) is 0 Å². The Morgan fingerprint density at radius 1 is 1.55 bits per heavy atom. The summed E-state index contributed by atoms with van der Waals surface area (Å²) >= 11 is 0. The van der Waals surface area contributed by atoms with E-state index in [1.807, 2.05) is 0 Å². The minimum Gasteiger partial charge on any atom is -0.476 e. The molecule has 0 radical (unpaired) electrons. The molecule has 0 atom stereocenters. The molecule has 0 bridgehead atoms. The summed E-state index contributed by atoms with van der Waals surface area (Å²) in [6.07, 6.45) is 1.54. The lowest BCUT2D eigenvalue weighted by atomic mass is 10.3. The van der Waals surface area contributed by atoms with E-state index >= 15 is 0 Å². The average molecular weight is 152 g/mol. The standard InChI is InChI=1S/C7H8N2O2/c1-4-3-8-5(2)6(9-4)7(10)11/h3H,1-2H3,(H,10,11). The van der Waals surface area contributed by atoms with Gasteiger partial charge in [-0.2, -0.15) is 0 Å². The molecule has 0 unspecified atom stereocenters. The highest BCUT2D eigenvalue weighted by molar-refractivity contribution is 5.86. The number of carbonyl (C=O) groups is 1. The summed E-state index contributed by atoms with van der Waals surface area (Å²) in [6.45, 7) is 3.33. The lowest BCUT2D eigenvalue weighted by Gasteiger charge is -1.98. The van der Waals surface area contributed by atoms with Crippen molar-refractivity contribution in [2.45, 2.75) is 13.8 Å². The molecule has 4 nitrogen and oxygen atoms in total. The highest BCUT2D eigenvalue weighted by Gasteiger charge is 2.08. The zero-order chi connectivity index (χ0) is 8.43. The number of hydrogen-bond acceptors (Lipinski definition) is 3. The first-order valence-electron chi connectivity index (χ1n) is 3.15. The Balaban J connectivity index is 3.23. The molecule has 0 saturated heterocycles. The second kappa shape index (κ2) is 2.65. The molecule has 0 aliphatic carbocycles. The van der Waals surface area contributed by atoms with Gasteiger partial charge >= 0.3 is 5.97 Å². The third-order valence-corrected chi connectivity index (χ3v) is 1.28. The fourth-order valence-corrected chi connectivity index (χ4v) is 0.740. The van der Waals surface area contributed by atoms with Gasteiger partial charge in [-0.3, -0.25) is 4.98 Å². The van der Waals surface area contributed by atoms with Crippen molar-refractivity contribution in [2.75, 3.05) is 0 Å². The molecule has 0 spiro atoms. The molecule has 0 aliphatic rings. The Labute approximate surface area is 63.9 Å². The van der Waals surface area contributed by atoms with E-state index in [2.05, 4.69) is 9.97 Å². The van der Waals surface area contributed by atoms with Gasteiger partial charge in [0.25, 0.3) is 0 Å². The first-order valence-corrected chi connectivity index (χ1v) is 3.15. The first-order chi connectivity index (χ1) is 5.11. The van der Waals surface area contributed by atoms with E-state index in [0.717, 1.165) is 0 Å². The molecule has 0 fully saturated rings. The predicted octanol–water partition coefficient (Wildman–Crippen LogP) is 0.792. The molecule has 1 rings (SSSR count). The van der Waals surface area contributed by atoms with Gasteiger partial charge in [0.1, 0.15) is 0 Å². The Hall–Kier alpha value is -1.45. The van der Waals surface area contributed by atoms with Crippen LogP contribution < -0.4 is 0 Å². The molecule has 58 valence electrons. The van der Waals surface area contributed by atoms with Crippen LogP contribution in [-0.4, -0.2) is 21.0 Å². The summed E-state index contributed by atoms with van der Waals surface area (Å²) in [5.41, 5.74) is 1.10. The van der Waals surface area contributed by atoms with Crippen LogP contribution in [0.15, 0.2) is 6.20 Å². The molecule has 0 aromatic carbocycles. The molecule has 0 amide bonds. The maximum absolute atomic E-state index is 10.5. The molecular weight excluding hydrogens is 144 g/mol. The van der Waals surface area contributed by atoms with Crippen LogP contribution in [0.4, 0.5) is 0 Å². The van der Waals surface area contributed by atoms with Crippen molar-refractivity contribution in [3.8, 4) is 0 Å². The summed E-state index contributed by atoms with van der Waals surface area (Å²) in [6, 6.07) is 0. The van der Waals surface area contributed by atoms with Gasteiger partial charge in [-0.05, 0) is 13.8 Å². The van der Waals surface area contributed by atoms with Gasteiger partial charge < -0.3 is 5.11 Å². The van der Waals surface area contributed by atoms with E-state index in [1.54, 1.807) is 20.0 Å². The molecule has 0 saturated carbocycles. The van der Waals surface area contributed by atoms with Crippen molar-refractivity contribution in [2.24, 2.45) is 0 Å². The minimum absolute atomic E-state index is 0.0324. The lowest BCUT2D eigenvalue weighted by molar-refractivity contribution is 0.0688. The topological polar surface area (TPSA) is 63.1 Å². The molecule has 0 aliphatic heterocycles. The van der Waals surface area contributed by atoms with Crippen molar-refractivity contribution in [1.82, 2.24) is 9.97 Å². The molecule has 1 N–H and O–H groups in total. The van der Waals surface area contributed by atoms with E-state index in [1.165, 1.54) is 0 Å². The Morgan fingerprint density at radius 2 is 2.18 bits per heavy atom. The van der Waals surface area contributed by atoms with Crippen LogP contribution in [0.5, 0.6) is 0 Å². The SMILES string of the molecule is Cc1cnc(C)c(C(=O)O)n1. The zero-order valence-corrected chi connectivity index (χ0v) is 6.33. The van der Waals surface area contributed by atoms with E-state index in [-0.39, 0.29) is 5.69 Å². The fourth-order valence-electron chi connectivity index (χ4n) is 0.740. The highest BCUT2D eigenvalue weighted by Crippen LogP contribution is 2.01. The summed E-state index contributed by atoms with van der Waals surface area (Å²) < 4.78 is 0. The zero-order valence-electron chi connectivity index (χ0n) is 6.33. The van der Waals surface area contributed by atoms with Gasteiger partial charge in [-0.15, -0.1) is 0 Å². The molecule has 1 heterocycles. The lowest BCUT2D eigenvalue weighted by Crippen LogP contribution is -2.05. The van der Waals surface area contributed by atoms with Crippen LogP contribution in [-0.2, 0) is 0 Å². The number of aromatic carboxylic acids is 1. The largest absolute Gasteiger partial charge is 0.476 e. The van der Waals surface area contributed by atoms with E-state index in [0.29, 0.717) is 11.4 Å². The van der Waals surface area contributed by atoms with Gasteiger partial charge in [0.15, 0.2) is 5.69 Å². The first kappa shape index (κ1) is 7.65. The normalized spacial score (nSPS) is 9.64. The summed E-state index contributed by atoms with van der Waals surface area (Å²) in [5.74, 6) is -1.03. The van der Waals surface area contributed by atoms with Crippen LogP contribution in [0, 0.1) is 13.8 Å². The molecule has 1 aromatic heterocycles. The van der Waals surface area contributed by atoms with Crippen LogP contribution >= 0.6 is 0 Å². The number of hydrogen-bond donors (Lipinski definition) is 1. The van der Waals surface area contributed by atoms with Gasteiger partial charge in [0.2, 0.25) is 0 Å². The third-order valence-electron chi connectivity index (χ3n) is 1.28. The van der Waals surface area contributed by atoms with Crippen LogP contribution in [0.2, 0.25) is 0 Å². The third kappa shape index (κ3) is 1.52. The number of aromatic nitrogens is 2. The van der Waals surface area contributed by atoms with Crippen LogP contribution in [0.1, 0.15) is 21.9 Å². The molecule has 1 aromatic rings. The van der Waals surface area contributed by atoms with Crippen molar-refractivity contribution in [1.29, 1.82) is 0 Å². The van der Waals surface area contributed by atoms with E-state index in [4.69, 9.17) is 5.11 Å². The van der Waals surface area contributed by atoms with Gasteiger partial charge in [-0.1, -0.05) is 0 Å². The quantitative estimate of drug-likeness (QED) is 0.646. The second-order valence-corrected chi connectivity index (χ2v) is 2.25. The van der Waals surface area contributed by atoms with Gasteiger partial charge in [0.05, 0.1) is 11.4 Å². The van der Waals surface area contributed by atoms with Crippen molar-refractivity contribution < 1.29 is 9.90 Å². The van der Waals surface area contributed by atoms with Crippen molar-refractivity contribution in [3.05, 3.63) is 23.3 Å². The Morgan fingerprint density at radius 3 is 2.64 bits per heavy atom. The maximum atomic E-state index is 10.5. The number of carboxylic acids is 1. The Kier molecular flexibility index (Phi) is 1.85. The molecular formula is C7H8N2O2. The predicted molar refractivity (Wildman–Crippen MR) is 38.5 cm³/mol. The summed E-state index contributed by atoms with van der Waals surface area (Å²) in [7, 11) is 0. The summed E-state index contributed by atoms with van der Waals surface area (Å²) in [5, 5.41) is 8.59. The Bertz CT molecular complexity index is 296. The second-order valence-electron chi connectivity index (χ2n) is 2.25. The van der Waals surface area contributed by atoms with Gasteiger partial charge in [-0.25, -0.2) is 9.78 Å². The minimum atomic E-state index is -1.03. The highest BCUT2D eigenvalue weighted by atomic mass is 16.4. The molecule has 4 heteroatoms. The smallest absolute Gasteiger partial charge is 0.356 e. The number of aryl methyl sites for hydroxylation is 2.